The Morgan fingerprint density at radius 1 is 0.931 bits per heavy atom. The second-order valence-corrected chi connectivity index (χ2v) is 8.36. The molecule has 0 amide bonds. The quantitative estimate of drug-likeness (QED) is 0.359. The van der Waals surface area contributed by atoms with Crippen molar-refractivity contribution in [1.82, 2.24) is 4.57 Å². The van der Waals surface area contributed by atoms with Crippen LogP contribution in [-0.2, 0) is 0 Å². The van der Waals surface area contributed by atoms with Crippen molar-refractivity contribution in [2.24, 2.45) is 4.99 Å². The normalized spacial score (nSPS) is 16.3. The Bertz CT molecular complexity index is 1010. The second-order valence-electron chi connectivity index (χ2n) is 7.52. The van der Waals surface area contributed by atoms with Gasteiger partial charge in [0.2, 0.25) is 0 Å². The molecule has 2 aromatic carbocycles. The third kappa shape index (κ3) is 4.65. The first-order chi connectivity index (χ1) is 14.2. The van der Waals surface area contributed by atoms with E-state index < -0.39 is 0 Å². The maximum Gasteiger partial charge on any atom is 0.269 e. The van der Waals surface area contributed by atoms with Crippen molar-refractivity contribution in [3.05, 3.63) is 74.9 Å². The minimum Gasteiger partial charge on any atom is -0.313 e. The van der Waals surface area contributed by atoms with Crippen molar-refractivity contribution < 1.29 is 4.92 Å². The summed E-state index contributed by atoms with van der Waals surface area (Å²) in [5, 5.41) is 13.2. The molecule has 4 rings (SSSR count). The van der Waals surface area contributed by atoms with E-state index >= 15 is 0 Å². The first kappa shape index (κ1) is 19.6. The molecule has 150 valence electrons. The van der Waals surface area contributed by atoms with Crippen molar-refractivity contribution in [2.75, 3.05) is 0 Å². The van der Waals surface area contributed by atoms with E-state index in [4.69, 9.17) is 4.99 Å². The molecule has 0 saturated heterocycles. The monoisotopic (exact) mass is 407 g/mol. The number of thiazole rings is 1. The van der Waals surface area contributed by atoms with Crippen LogP contribution in [0.25, 0.3) is 11.3 Å². The Kier molecular flexibility index (Phi) is 6.20. The predicted molar refractivity (Wildman–Crippen MR) is 117 cm³/mol. The molecule has 1 aliphatic carbocycles. The summed E-state index contributed by atoms with van der Waals surface area (Å²) in [5.74, 6) is 0. The van der Waals surface area contributed by atoms with Gasteiger partial charge in [0.05, 0.1) is 16.3 Å². The zero-order chi connectivity index (χ0) is 20.1. The van der Waals surface area contributed by atoms with Gasteiger partial charge in [-0.3, -0.25) is 10.1 Å². The van der Waals surface area contributed by atoms with Gasteiger partial charge in [-0.25, -0.2) is 4.99 Å². The highest BCUT2D eigenvalue weighted by Crippen LogP contribution is 2.32. The third-order valence-corrected chi connectivity index (χ3v) is 6.38. The first-order valence-corrected chi connectivity index (χ1v) is 11.1. The van der Waals surface area contributed by atoms with Crippen molar-refractivity contribution in [2.45, 2.75) is 51.0 Å². The van der Waals surface area contributed by atoms with Crippen LogP contribution in [0, 0.1) is 10.1 Å². The summed E-state index contributed by atoms with van der Waals surface area (Å²) >= 11 is 1.64. The number of rotatable bonds is 4. The lowest BCUT2D eigenvalue weighted by molar-refractivity contribution is -0.384. The number of nitro groups is 1. The highest BCUT2D eigenvalue weighted by atomic mass is 32.1. The van der Waals surface area contributed by atoms with Crippen LogP contribution in [0.15, 0.2) is 65.0 Å². The lowest BCUT2D eigenvalue weighted by atomic mass is 9.96. The summed E-state index contributed by atoms with van der Waals surface area (Å²) in [5.41, 5.74) is 3.17. The Labute approximate surface area is 174 Å². The van der Waals surface area contributed by atoms with E-state index in [0.717, 1.165) is 34.6 Å². The highest BCUT2D eigenvalue weighted by Gasteiger charge is 2.19. The van der Waals surface area contributed by atoms with Crippen LogP contribution >= 0.6 is 11.3 Å². The van der Waals surface area contributed by atoms with Crippen molar-refractivity contribution >= 4 is 22.7 Å². The SMILES string of the molecule is O=[N+]([O-])c1ccc(-c2csc(=Nc3ccccc3)n2C2CCCCCCC2)cc1. The van der Waals surface area contributed by atoms with Crippen LogP contribution in [0.5, 0.6) is 0 Å². The van der Waals surface area contributed by atoms with Crippen molar-refractivity contribution in [3.63, 3.8) is 0 Å². The fourth-order valence-corrected chi connectivity index (χ4v) is 5.01. The van der Waals surface area contributed by atoms with E-state index in [2.05, 4.69) is 9.95 Å². The van der Waals surface area contributed by atoms with E-state index in [1.54, 1.807) is 23.5 Å². The molecule has 0 unspecified atom stereocenters. The summed E-state index contributed by atoms with van der Waals surface area (Å²) in [6.07, 6.45) is 8.68. The topological polar surface area (TPSA) is 60.4 Å². The van der Waals surface area contributed by atoms with Crippen molar-refractivity contribution in [3.8, 4) is 11.3 Å². The zero-order valence-corrected chi connectivity index (χ0v) is 17.2. The van der Waals surface area contributed by atoms with E-state index in [9.17, 15) is 10.1 Å². The molecule has 0 N–H and O–H groups in total. The predicted octanol–water partition coefficient (Wildman–Crippen LogP) is 6.64. The van der Waals surface area contributed by atoms with Gasteiger partial charge < -0.3 is 4.57 Å². The molecule has 1 heterocycles. The highest BCUT2D eigenvalue weighted by molar-refractivity contribution is 7.07. The molecule has 0 spiro atoms. The maximum atomic E-state index is 11.0. The number of hydrogen-bond donors (Lipinski definition) is 0. The molecule has 5 nitrogen and oxygen atoms in total. The number of para-hydroxylation sites is 1. The number of aromatic nitrogens is 1. The van der Waals surface area contributed by atoms with Gasteiger partial charge in [-0.2, -0.15) is 0 Å². The van der Waals surface area contributed by atoms with E-state index in [1.165, 1.54) is 32.1 Å². The molecular formula is C23H25N3O2S. The molecule has 0 radical (unpaired) electrons. The summed E-state index contributed by atoms with van der Waals surface area (Å²) in [4.78, 5) is 16.6. The van der Waals surface area contributed by atoms with E-state index in [0.29, 0.717) is 6.04 Å². The molecule has 0 atom stereocenters. The van der Waals surface area contributed by atoms with Gasteiger partial charge in [-0.15, -0.1) is 11.3 Å². The van der Waals surface area contributed by atoms with Crippen LogP contribution in [0.4, 0.5) is 11.4 Å². The standard InChI is InChI=1S/C23H25N3O2S/c27-26(28)21-15-13-18(14-16-21)22-17-29-23(24-19-9-5-4-6-10-19)25(22)20-11-7-2-1-3-8-12-20/h4-6,9-10,13-17,20H,1-3,7-8,11-12H2. The number of hydrogen-bond acceptors (Lipinski definition) is 4. The van der Waals surface area contributed by atoms with Gasteiger partial charge in [-0.05, 0) is 42.7 Å². The molecule has 6 heteroatoms. The minimum absolute atomic E-state index is 0.121. The minimum atomic E-state index is -0.351. The van der Waals surface area contributed by atoms with Crippen LogP contribution in [0.2, 0.25) is 0 Å². The molecule has 1 aliphatic rings. The first-order valence-electron chi connectivity index (χ1n) is 10.3. The van der Waals surface area contributed by atoms with Gasteiger partial charge in [-0.1, -0.05) is 50.3 Å². The lowest BCUT2D eigenvalue weighted by Gasteiger charge is -2.23. The number of non-ortho nitro benzene ring substituents is 1. The lowest BCUT2D eigenvalue weighted by Crippen LogP contribution is -2.22. The van der Waals surface area contributed by atoms with Crippen molar-refractivity contribution in [1.29, 1.82) is 0 Å². The molecule has 29 heavy (non-hydrogen) atoms. The molecule has 0 aliphatic heterocycles. The Hall–Kier alpha value is -2.73. The van der Waals surface area contributed by atoms with Gasteiger partial charge in [0.15, 0.2) is 4.80 Å². The zero-order valence-electron chi connectivity index (χ0n) is 16.4. The van der Waals surface area contributed by atoms with Gasteiger partial charge in [0.25, 0.3) is 5.69 Å². The second kappa shape index (κ2) is 9.18. The van der Waals surface area contributed by atoms with Gasteiger partial charge >= 0.3 is 0 Å². The van der Waals surface area contributed by atoms with Crippen LogP contribution in [0.1, 0.15) is 51.0 Å². The third-order valence-electron chi connectivity index (χ3n) is 5.54. The Balaban J connectivity index is 1.80. The molecule has 3 aromatic rings. The van der Waals surface area contributed by atoms with Crippen LogP contribution < -0.4 is 4.80 Å². The van der Waals surface area contributed by atoms with Gasteiger partial charge in [0.1, 0.15) is 0 Å². The van der Waals surface area contributed by atoms with Crippen LogP contribution in [0.3, 0.4) is 0 Å². The number of benzene rings is 2. The molecule has 1 fully saturated rings. The average Bonchev–Trinajstić information content (AvgIpc) is 3.12. The van der Waals surface area contributed by atoms with E-state index in [-0.39, 0.29) is 10.6 Å². The molecule has 1 aromatic heterocycles. The molecular weight excluding hydrogens is 382 g/mol. The number of nitro benzene ring substituents is 1. The van der Waals surface area contributed by atoms with Gasteiger partial charge in [0, 0.05) is 23.6 Å². The Morgan fingerprint density at radius 2 is 1.59 bits per heavy atom. The average molecular weight is 408 g/mol. The fraction of sp³-hybridized carbons (Fsp3) is 0.348. The summed E-state index contributed by atoms with van der Waals surface area (Å²) in [7, 11) is 0. The maximum absolute atomic E-state index is 11.0. The summed E-state index contributed by atoms with van der Waals surface area (Å²) < 4.78 is 2.38. The van der Waals surface area contributed by atoms with E-state index in [1.807, 2.05) is 42.5 Å². The Morgan fingerprint density at radius 3 is 2.24 bits per heavy atom. The summed E-state index contributed by atoms with van der Waals surface area (Å²) in [6.45, 7) is 0. The fourth-order valence-electron chi connectivity index (χ4n) is 4.03. The largest absolute Gasteiger partial charge is 0.313 e. The smallest absolute Gasteiger partial charge is 0.269 e. The summed E-state index contributed by atoms with van der Waals surface area (Å²) in [6, 6.07) is 17.3. The van der Waals surface area contributed by atoms with Crippen LogP contribution in [-0.4, -0.2) is 9.49 Å². The molecule has 1 saturated carbocycles. The number of nitrogens with zero attached hydrogens (tertiary/aromatic N) is 3. The molecule has 0 bridgehead atoms.